The van der Waals surface area contributed by atoms with Crippen molar-refractivity contribution in [2.75, 3.05) is 13.8 Å². The molecule has 0 saturated heterocycles. The summed E-state index contributed by atoms with van der Waals surface area (Å²) in [4.78, 5) is 2.18. The van der Waals surface area contributed by atoms with Gasteiger partial charge in [-0.05, 0) is 31.7 Å². The Morgan fingerprint density at radius 2 is 2.00 bits per heavy atom. The number of fused-ring (bicyclic) bond motifs is 1. The summed E-state index contributed by atoms with van der Waals surface area (Å²) in [7, 11) is 2.05. The van der Waals surface area contributed by atoms with E-state index in [4.69, 9.17) is 14.0 Å². The van der Waals surface area contributed by atoms with E-state index in [-0.39, 0.29) is 0 Å². The van der Waals surface area contributed by atoms with E-state index < -0.39 is 0 Å². The van der Waals surface area contributed by atoms with Gasteiger partial charge >= 0.3 is 0 Å². The van der Waals surface area contributed by atoms with Crippen molar-refractivity contribution in [2.45, 2.75) is 20.0 Å². The molecular formula is C14H16N2O3. The highest BCUT2D eigenvalue weighted by atomic mass is 16.7. The third kappa shape index (κ3) is 2.71. The van der Waals surface area contributed by atoms with Crippen LogP contribution in [0.1, 0.15) is 17.0 Å². The fraction of sp³-hybridized carbons (Fsp3) is 0.357. The van der Waals surface area contributed by atoms with E-state index in [0.29, 0.717) is 6.79 Å². The van der Waals surface area contributed by atoms with Crippen LogP contribution in [0, 0.1) is 6.92 Å². The summed E-state index contributed by atoms with van der Waals surface area (Å²) >= 11 is 0. The van der Waals surface area contributed by atoms with Gasteiger partial charge in [-0.15, -0.1) is 0 Å². The van der Waals surface area contributed by atoms with Crippen molar-refractivity contribution in [1.29, 1.82) is 0 Å². The van der Waals surface area contributed by atoms with Gasteiger partial charge in [0.1, 0.15) is 5.76 Å². The Morgan fingerprint density at radius 3 is 2.79 bits per heavy atom. The van der Waals surface area contributed by atoms with Crippen molar-refractivity contribution < 1.29 is 14.0 Å². The Bertz CT molecular complexity index is 580. The molecule has 0 N–H and O–H groups in total. The monoisotopic (exact) mass is 260 g/mol. The normalized spacial score (nSPS) is 13.2. The lowest BCUT2D eigenvalue weighted by Gasteiger charge is -2.15. The third-order valence-electron chi connectivity index (χ3n) is 3.00. The number of aromatic nitrogens is 1. The van der Waals surface area contributed by atoms with Crippen LogP contribution < -0.4 is 9.47 Å². The molecule has 19 heavy (non-hydrogen) atoms. The predicted octanol–water partition coefficient (Wildman–Crippen LogP) is 2.34. The maximum absolute atomic E-state index is 5.37. The van der Waals surface area contributed by atoms with E-state index in [9.17, 15) is 0 Å². The van der Waals surface area contributed by atoms with Gasteiger partial charge in [-0.2, -0.15) is 0 Å². The van der Waals surface area contributed by atoms with Gasteiger partial charge in [0.25, 0.3) is 0 Å². The number of hydrogen-bond donors (Lipinski definition) is 0. The largest absolute Gasteiger partial charge is 0.454 e. The van der Waals surface area contributed by atoms with Gasteiger partial charge < -0.3 is 14.0 Å². The lowest BCUT2D eigenvalue weighted by atomic mass is 10.2. The van der Waals surface area contributed by atoms with Gasteiger partial charge in [-0.1, -0.05) is 11.2 Å². The first kappa shape index (κ1) is 12.0. The SMILES string of the molecule is Cc1cc(CN(C)Cc2ccc3c(c2)OCO3)no1. The van der Waals surface area contributed by atoms with Crippen molar-refractivity contribution in [3.63, 3.8) is 0 Å². The van der Waals surface area contributed by atoms with Gasteiger partial charge in [0.2, 0.25) is 6.79 Å². The number of aryl methyl sites for hydroxylation is 1. The topological polar surface area (TPSA) is 47.7 Å². The molecule has 2 aromatic rings. The molecule has 1 aromatic carbocycles. The Morgan fingerprint density at radius 1 is 1.16 bits per heavy atom. The summed E-state index contributed by atoms with van der Waals surface area (Å²) in [6.07, 6.45) is 0. The maximum Gasteiger partial charge on any atom is 0.231 e. The fourth-order valence-corrected chi connectivity index (χ4v) is 2.18. The van der Waals surface area contributed by atoms with Gasteiger partial charge in [0.05, 0.1) is 5.69 Å². The highest BCUT2D eigenvalue weighted by Gasteiger charge is 2.14. The second-order valence-electron chi connectivity index (χ2n) is 4.79. The van der Waals surface area contributed by atoms with Crippen LogP contribution in [0.25, 0.3) is 0 Å². The summed E-state index contributed by atoms with van der Waals surface area (Å²) in [5, 5.41) is 3.99. The molecule has 1 aliphatic heterocycles. The minimum atomic E-state index is 0.312. The lowest BCUT2D eigenvalue weighted by molar-refractivity contribution is 0.174. The van der Waals surface area contributed by atoms with E-state index in [1.165, 1.54) is 5.56 Å². The highest BCUT2D eigenvalue weighted by Crippen LogP contribution is 2.32. The van der Waals surface area contributed by atoms with Gasteiger partial charge in [-0.25, -0.2) is 0 Å². The third-order valence-corrected chi connectivity index (χ3v) is 3.00. The van der Waals surface area contributed by atoms with Gasteiger partial charge in [0, 0.05) is 19.2 Å². The molecule has 100 valence electrons. The molecule has 5 nitrogen and oxygen atoms in total. The van der Waals surface area contributed by atoms with Crippen LogP contribution in [0.5, 0.6) is 11.5 Å². The number of nitrogens with zero attached hydrogens (tertiary/aromatic N) is 2. The van der Waals surface area contributed by atoms with Crippen LogP contribution in [0.4, 0.5) is 0 Å². The quantitative estimate of drug-likeness (QED) is 0.844. The molecule has 0 amide bonds. The first-order valence-corrected chi connectivity index (χ1v) is 6.20. The second kappa shape index (κ2) is 4.93. The van der Waals surface area contributed by atoms with Gasteiger partial charge in [0.15, 0.2) is 11.5 Å². The zero-order valence-electron chi connectivity index (χ0n) is 11.0. The summed E-state index contributed by atoms with van der Waals surface area (Å²) in [5.74, 6) is 2.48. The van der Waals surface area contributed by atoms with Crippen LogP contribution in [-0.2, 0) is 13.1 Å². The molecule has 1 aromatic heterocycles. The molecule has 0 fully saturated rings. The van der Waals surface area contributed by atoms with Crippen LogP contribution in [0.15, 0.2) is 28.8 Å². The highest BCUT2D eigenvalue weighted by molar-refractivity contribution is 5.44. The molecule has 2 heterocycles. The van der Waals surface area contributed by atoms with Crippen molar-refractivity contribution in [3.8, 4) is 11.5 Å². The predicted molar refractivity (Wildman–Crippen MR) is 69.0 cm³/mol. The number of benzene rings is 1. The van der Waals surface area contributed by atoms with E-state index in [1.807, 2.05) is 25.1 Å². The number of hydrogen-bond acceptors (Lipinski definition) is 5. The molecule has 0 atom stereocenters. The number of ether oxygens (including phenoxy) is 2. The molecule has 5 heteroatoms. The summed E-state index contributed by atoms with van der Waals surface area (Å²) < 4.78 is 15.7. The van der Waals surface area contributed by atoms with Crippen LogP contribution in [0.2, 0.25) is 0 Å². The molecule has 3 rings (SSSR count). The van der Waals surface area contributed by atoms with Crippen LogP contribution in [-0.4, -0.2) is 23.9 Å². The van der Waals surface area contributed by atoms with E-state index in [0.717, 1.165) is 36.0 Å². The zero-order chi connectivity index (χ0) is 13.2. The Balaban J connectivity index is 1.64. The van der Waals surface area contributed by atoms with E-state index in [1.54, 1.807) is 0 Å². The van der Waals surface area contributed by atoms with E-state index >= 15 is 0 Å². The molecule has 0 unspecified atom stereocenters. The minimum absolute atomic E-state index is 0.312. The number of rotatable bonds is 4. The van der Waals surface area contributed by atoms with Crippen LogP contribution >= 0.6 is 0 Å². The molecular weight excluding hydrogens is 244 g/mol. The Labute approximate surface area is 111 Å². The average Bonchev–Trinajstić information content (AvgIpc) is 2.97. The fourth-order valence-electron chi connectivity index (χ4n) is 2.18. The standard InChI is InChI=1S/C14H16N2O3/c1-10-5-12(15-19-10)8-16(2)7-11-3-4-13-14(6-11)18-9-17-13/h3-6H,7-9H2,1-2H3. The van der Waals surface area contributed by atoms with Crippen molar-refractivity contribution >= 4 is 0 Å². The van der Waals surface area contributed by atoms with Crippen LogP contribution in [0.3, 0.4) is 0 Å². The van der Waals surface area contributed by atoms with Crippen molar-refractivity contribution in [2.24, 2.45) is 0 Å². The summed E-state index contributed by atoms with van der Waals surface area (Å²) in [6, 6.07) is 7.98. The molecule has 1 aliphatic rings. The van der Waals surface area contributed by atoms with E-state index in [2.05, 4.69) is 23.2 Å². The second-order valence-corrected chi connectivity index (χ2v) is 4.79. The molecule has 0 aliphatic carbocycles. The lowest BCUT2D eigenvalue weighted by Crippen LogP contribution is -2.17. The smallest absolute Gasteiger partial charge is 0.231 e. The first-order valence-electron chi connectivity index (χ1n) is 6.20. The average molecular weight is 260 g/mol. The molecule has 0 saturated carbocycles. The molecule has 0 radical (unpaired) electrons. The minimum Gasteiger partial charge on any atom is -0.454 e. The Hall–Kier alpha value is -2.01. The molecule has 0 bridgehead atoms. The Kier molecular flexibility index (Phi) is 3.13. The van der Waals surface area contributed by atoms with Gasteiger partial charge in [-0.3, -0.25) is 4.90 Å². The summed E-state index contributed by atoms with van der Waals surface area (Å²) in [6.45, 7) is 3.79. The zero-order valence-corrected chi connectivity index (χ0v) is 11.0. The van der Waals surface area contributed by atoms with Crippen molar-refractivity contribution in [3.05, 3.63) is 41.3 Å². The first-order chi connectivity index (χ1) is 9.20. The van der Waals surface area contributed by atoms with Crippen molar-refractivity contribution in [1.82, 2.24) is 10.1 Å². The molecule has 0 spiro atoms. The summed E-state index contributed by atoms with van der Waals surface area (Å²) in [5.41, 5.74) is 2.13. The maximum atomic E-state index is 5.37.